The van der Waals surface area contributed by atoms with Crippen LogP contribution in [0.15, 0.2) is 41.1 Å². The molecule has 0 radical (unpaired) electrons. The molecule has 0 bridgehead atoms. The predicted octanol–water partition coefficient (Wildman–Crippen LogP) is 3.28. The van der Waals surface area contributed by atoms with Crippen LogP contribution in [-0.4, -0.2) is 13.0 Å². The van der Waals surface area contributed by atoms with Gasteiger partial charge in [0.05, 0.1) is 0 Å². The Morgan fingerprint density at radius 2 is 2.17 bits per heavy atom. The second-order valence-electron chi connectivity index (χ2n) is 4.08. The average Bonchev–Trinajstić information content (AvgIpc) is 2.92. The number of thiophene rings is 1. The van der Waals surface area contributed by atoms with E-state index in [1.165, 1.54) is 5.56 Å². The Bertz CT molecular complexity index is 522. The lowest BCUT2D eigenvalue weighted by molar-refractivity contribution is 0.0963. The van der Waals surface area contributed by atoms with Crippen LogP contribution >= 0.6 is 11.3 Å². The number of hydrogen-bond acceptors (Lipinski definition) is 3. The monoisotopic (exact) mass is 260 g/mol. The van der Waals surface area contributed by atoms with Gasteiger partial charge in [-0.25, -0.2) is 0 Å². The lowest BCUT2D eigenvalue weighted by atomic mass is 10.1. The minimum atomic E-state index is -0.0677. The predicted molar refractivity (Wildman–Crippen MR) is 76.2 cm³/mol. The largest absolute Gasteiger partial charge is 0.378 e. The van der Waals surface area contributed by atoms with Crippen molar-refractivity contribution >= 4 is 22.9 Å². The summed E-state index contributed by atoms with van der Waals surface area (Å²) in [5, 5.41) is 10.2. The van der Waals surface area contributed by atoms with Crippen LogP contribution in [-0.2, 0) is 0 Å². The topological polar surface area (TPSA) is 41.1 Å². The molecule has 4 heteroatoms. The number of nitrogens with one attached hydrogen (secondary N) is 2. The first-order valence-corrected chi connectivity index (χ1v) is 6.76. The van der Waals surface area contributed by atoms with Crippen molar-refractivity contribution < 1.29 is 4.79 Å². The highest BCUT2D eigenvalue weighted by Crippen LogP contribution is 2.21. The standard InChI is InChI=1S/C14H16N2OS/c1-10(12-6-7-18-9-12)16-13-5-3-4-11(8-13)14(17)15-2/h3-10,16H,1-2H3,(H,15,17). The van der Waals surface area contributed by atoms with Gasteiger partial charge in [0.2, 0.25) is 0 Å². The second-order valence-corrected chi connectivity index (χ2v) is 4.86. The van der Waals surface area contributed by atoms with Crippen LogP contribution in [0.5, 0.6) is 0 Å². The molecule has 0 aliphatic carbocycles. The van der Waals surface area contributed by atoms with Gasteiger partial charge in [0.25, 0.3) is 5.91 Å². The van der Waals surface area contributed by atoms with Crippen molar-refractivity contribution in [3.05, 3.63) is 52.2 Å². The summed E-state index contributed by atoms with van der Waals surface area (Å²) in [6.45, 7) is 2.11. The van der Waals surface area contributed by atoms with Gasteiger partial charge >= 0.3 is 0 Å². The summed E-state index contributed by atoms with van der Waals surface area (Å²) in [4.78, 5) is 11.5. The highest BCUT2D eigenvalue weighted by molar-refractivity contribution is 7.07. The van der Waals surface area contributed by atoms with E-state index >= 15 is 0 Å². The summed E-state index contributed by atoms with van der Waals surface area (Å²) >= 11 is 1.69. The van der Waals surface area contributed by atoms with Gasteiger partial charge in [-0.2, -0.15) is 11.3 Å². The zero-order valence-corrected chi connectivity index (χ0v) is 11.3. The lowest BCUT2D eigenvalue weighted by Gasteiger charge is -2.14. The van der Waals surface area contributed by atoms with Crippen LogP contribution in [0.4, 0.5) is 5.69 Å². The fraction of sp³-hybridized carbons (Fsp3) is 0.214. The molecule has 0 saturated carbocycles. The average molecular weight is 260 g/mol. The van der Waals surface area contributed by atoms with Crippen molar-refractivity contribution in [1.29, 1.82) is 0 Å². The van der Waals surface area contributed by atoms with Crippen LogP contribution in [0.1, 0.15) is 28.9 Å². The molecule has 2 rings (SSSR count). The maximum absolute atomic E-state index is 11.5. The quantitative estimate of drug-likeness (QED) is 0.885. The van der Waals surface area contributed by atoms with Crippen molar-refractivity contribution in [2.45, 2.75) is 13.0 Å². The van der Waals surface area contributed by atoms with Crippen molar-refractivity contribution in [2.24, 2.45) is 0 Å². The number of benzene rings is 1. The second kappa shape index (κ2) is 5.69. The van der Waals surface area contributed by atoms with E-state index in [0.717, 1.165) is 5.69 Å². The highest BCUT2D eigenvalue weighted by atomic mass is 32.1. The molecule has 3 nitrogen and oxygen atoms in total. The van der Waals surface area contributed by atoms with Crippen molar-refractivity contribution in [3.63, 3.8) is 0 Å². The van der Waals surface area contributed by atoms with Gasteiger partial charge in [-0.1, -0.05) is 6.07 Å². The molecule has 94 valence electrons. The first-order valence-electron chi connectivity index (χ1n) is 5.81. The zero-order chi connectivity index (χ0) is 13.0. The molecule has 0 saturated heterocycles. The summed E-state index contributed by atoms with van der Waals surface area (Å²) in [5.41, 5.74) is 2.88. The molecule has 1 heterocycles. The van der Waals surface area contributed by atoms with Crippen LogP contribution in [0.25, 0.3) is 0 Å². The van der Waals surface area contributed by atoms with E-state index in [0.29, 0.717) is 5.56 Å². The molecular weight excluding hydrogens is 244 g/mol. The molecule has 1 aromatic carbocycles. The fourth-order valence-corrected chi connectivity index (χ4v) is 2.50. The summed E-state index contributed by atoms with van der Waals surface area (Å²) in [6, 6.07) is 9.85. The van der Waals surface area contributed by atoms with E-state index in [2.05, 4.69) is 34.4 Å². The van der Waals surface area contributed by atoms with Crippen LogP contribution in [0, 0.1) is 0 Å². The molecule has 0 aliphatic rings. The number of carbonyl (C=O) groups excluding carboxylic acids is 1. The highest BCUT2D eigenvalue weighted by Gasteiger charge is 2.07. The maximum atomic E-state index is 11.5. The molecule has 2 aromatic rings. The number of amides is 1. The van der Waals surface area contributed by atoms with Gasteiger partial charge in [0.1, 0.15) is 0 Å². The van der Waals surface area contributed by atoms with E-state index in [4.69, 9.17) is 0 Å². The fourth-order valence-electron chi connectivity index (χ4n) is 1.75. The Morgan fingerprint density at radius 1 is 1.33 bits per heavy atom. The number of carbonyl (C=O) groups is 1. The Morgan fingerprint density at radius 3 is 2.83 bits per heavy atom. The number of rotatable bonds is 4. The minimum Gasteiger partial charge on any atom is -0.378 e. The van der Waals surface area contributed by atoms with Gasteiger partial charge < -0.3 is 10.6 Å². The van der Waals surface area contributed by atoms with Crippen molar-refractivity contribution in [1.82, 2.24) is 5.32 Å². The third kappa shape index (κ3) is 2.90. The molecule has 1 atom stereocenters. The Hall–Kier alpha value is -1.81. The number of hydrogen-bond donors (Lipinski definition) is 2. The summed E-state index contributed by atoms with van der Waals surface area (Å²) in [7, 11) is 1.64. The molecule has 2 N–H and O–H groups in total. The Labute approximate surface area is 111 Å². The molecular formula is C14H16N2OS. The van der Waals surface area contributed by atoms with E-state index in [1.807, 2.05) is 18.2 Å². The molecule has 0 spiro atoms. The normalized spacial score (nSPS) is 11.9. The van der Waals surface area contributed by atoms with Crippen LogP contribution in [0.2, 0.25) is 0 Å². The van der Waals surface area contributed by atoms with Gasteiger partial charge in [0, 0.05) is 24.3 Å². The van der Waals surface area contributed by atoms with Crippen LogP contribution < -0.4 is 10.6 Å². The molecule has 18 heavy (non-hydrogen) atoms. The van der Waals surface area contributed by atoms with E-state index in [-0.39, 0.29) is 11.9 Å². The van der Waals surface area contributed by atoms with Crippen molar-refractivity contribution in [3.8, 4) is 0 Å². The molecule has 1 aromatic heterocycles. The first kappa shape index (κ1) is 12.6. The minimum absolute atomic E-state index is 0.0677. The van der Waals surface area contributed by atoms with Gasteiger partial charge in [0.15, 0.2) is 0 Å². The third-order valence-corrected chi connectivity index (χ3v) is 3.48. The Balaban J connectivity index is 2.12. The molecule has 0 fully saturated rings. The summed E-state index contributed by atoms with van der Waals surface area (Å²) in [5.74, 6) is -0.0677. The SMILES string of the molecule is CNC(=O)c1cccc(NC(C)c2ccsc2)c1. The van der Waals surface area contributed by atoms with Gasteiger partial charge in [-0.3, -0.25) is 4.79 Å². The van der Waals surface area contributed by atoms with E-state index < -0.39 is 0 Å². The van der Waals surface area contributed by atoms with Crippen molar-refractivity contribution in [2.75, 3.05) is 12.4 Å². The maximum Gasteiger partial charge on any atom is 0.251 e. The molecule has 0 aliphatic heterocycles. The lowest BCUT2D eigenvalue weighted by Crippen LogP contribution is -2.18. The molecule has 1 unspecified atom stereocenters. The number of anilines is 1. The Kier molecular flexibility index (Phi) is 3.99. The summed E-state index contributed by atoms with van der Waals surface area (Å²) in [6.07, 6.45) is 0. The van der Waals surface area contributed by atoms with E-state index in [9.17, 15) is 4.79 Å². The third-order valence-electron chi connectivity index (χ3n) is 2.78. The van der Waals surface area contributed by atoms with Gasteiger partial charge in [-0.05, 0) is 47.5 Å². The molecule has 1 amide bonds. The smallest absolute Gasteiger partial charge is 0.251 e. The van der Waals surface area contributed by atoms with Gasteiger partial charge in [-0.15, -0.1) is 0 Å². The first-order chi connectivity index (χ1) is 8.70. The van der Waals surface area contributed by atoms with E-state index in [1.54, 1.807) is 24.5 Å². The van der Waals surface area contributed by atoms with Crippen LogP contribution in [0.3, 0.4) is 0 Å². The summed E-state index contributed by atoms with van der Waals surface area (Å²) < 4.78 is 0. The zero-order valence-electron chi connectivity index (χ0n) is 10.4.